The van der Waals surface area contributed by atoms with Crippen LogP contribution in [0.25, 0.3) is 16.9 Å². The van der Waals surface area contributed by atoms with E-state index in [1.165, 1.54) is 13.2 Å². The first-order valence-electron chi connectivity index (χ1n) is 14.3. The summed E-state index contributed by atoms with van der Waals surface area (Å²) in [6.45, 7) is 2.85. The summed E-state index contributed by atoms with van der Waals surface area (Å²) >= 11 is 6.31. The van der Waals surface area contributed by atoms with Crippen LogP contribution in [0.2, 0.25) is 5.02 Å². The van der Waals surface area contributed by atoms with Gasteiger partial charge in [-0.3, -0.25) is 19.4 Å². The molecule has 0 spiro atoms. The Morgan fingerprint density at radius 1 is 1.13 bits per heavy atom. The van der Waals surface area contributed by atoms with Gasteiger partial charge in [0.2, 0.25) is 5.91 Å². The molecule has 0 unspecified atom stereocenters. The summed E-state index contributed by atoms with van der Waals surface area (Å²) in [6.07, 6.45) is 6.50. The number of carbonyl (C=O) groups excluding carboxylic acids is 2. The monoisotopic (exact) mass is 638 g/mol. The second-order valence-corrected chi connectivity index (χ2v) is 10.4. The molecule has 0 saturated carbocycles. The van der Waals surface area contributed by atoms with Gasteiger partial charge in [-0.05, 0) is 55.2 Å². The number of amides is 2. The second-order valence-electron chi connectivity index (χ2n) is 10.0. The van der Waals surface area contributed by atoms with Crippen molar-refractivity contribution in [3.8, 4) is 17.0 Å². The van der Waals surface area contributed by atoms with E-state index < -0.39 is 11.9 Å². The zero-order chi connectivity index (χ0) is 32.5. The number of imidazole rings is 1. The molecule has 0 fully saturated rings. The highest BCUT2D eigenvalue weighted by atomic mass is 35.5. The van der Waals surface area contributed by atoms with Crippen molar-refractivity contribution in [1.82, 2.24) is 30.3 Å². The van der Waals surface area contributed by atoms with Crippen LogP contribution >= 0.6 is 11.6 Å². The normalized spacial score (nSPS) is 11.6. The molecule has 0 saturated heterocycles. The zero-order valence-corrected chi connectivity index (χ0v) is 25.7. The Morgan fingerprint density at radius 2 is 1.91 bits per heavy atom. The van der Waals surface area contributed by atoms with E-state index in [1.54, 1.807) is 41.2 Å². The first kappa shape index (κ1) is 33.0. The number of methoxy groups -OCH3 is 1. The standard InChI is InChI=1S/C30H36ClFN10O3/c1-3-17-15-18(6-7-19(17)28(43)37-11-12-38-29(44)21(33)5-4-10-39-30(34)35)41-26-27-40-16-22(42(27)14-13-36-26)20-8-9-23(45-2)25(32)24(20)31/h6-9,13-16,21H,3-5,10-12,33H2,1-2H3,(H,36,41)(H,37,43)(H,38,44)(H4,34,35,39)/t21-/m0/s1. The number of fused-ring (bicyclic) bond motifs is 1. The maximum Gasteiger partial charge on any atom is 0.251 e. The number of nitrogens with one attached hydrogen (secondary N) is 5. The first-order valence-corrected chi connectivity index (χ1v) is 14.7. The number of aromatic nitrogens is 3. The highest BCUT2D eigenvalue weighted by Crippen LogP contribution is 2.35. The third-order valence-corrected chi connectivity index (χ3v) is 7.39. The Hall–Kier alpha value is -4.95. The fraction of sp³-hybridized carbons (Fsp3) is 0.300. The lowest BCUT2D eigenvalue weighted by atomic mass is 10.0. The third-order valence-electron chi connectivity index (χ3n) is 7.02. The van der Waals surface area contributed by atoms with Gasteiger partial charge in [0.25, 0.3) is 5.91 Å². The van der Waals surface area contributed by atoms with E-state index in [0.29, 0.717) is 59.8 Å². The molecule has 2 amide bonds. The average Bonchev–Trinajstić information content (AvgIpc) is 3.47. The van der Waals surface area contributed by atoms with E-state index in [4.69, 9.17) is 33.2 Å². The van der Waals surface area contributed by atoms with Crippen molar-refractivity contribution in [3.63, 3.8) is 0 Å². The SMILES string of the molecule is CCc1cc(Nc2nccn3c(-c4ccc(OC)c(F)c4Cl)cnc23)ccc1C(=O)NCCNC(=O)[C@@H](N)CCCNC(=N)N. The number of nitrogens with two attached hydrogens (primary N) is 2. The van der Waals surface area contributed by atoms with Crippen LogP contribution in [0.4, 0.5) is 15.9 Å². The van der Waals surface area contributed by atoms with Gasteiger partial charge in [0.15, 0.2) is 29.0 Å². The van der Waals surface area contributed by atoms with Gasteiger partial charge in [-0.1, -0.05) is 18.5 Å². The lowest BCUT2D eigenvalue weighted by molar-refractivity contribution is -0.122. The Bertz CT molecular complexity index is 1700. The summed E-state index contributed by atoms with van der Waals surface area (Å²) in [4.78, 5) is 34.1. The van der Waals surface area contributed by atoms with E-state index >= 15 is 0 Å². The topological polar surface area (TPSA) is 198 Å². The lowest BCUT2D eigenvalue weighted by Crippen LogP contribution is -2.44. The minimum Gasteiger partial charge on any atom is -0.494 e. The molecule has 45 heavy (non-hydrogen) atoms. The molecule has 2 aromatic carbocycles. The van der Waals surface area contributed by atoms with Crippen LogP contribution in [0.3, 0.4) is 0 Å². The fourth-order valence-electron chi connectivity index (χ4n) is 4.68. The Kier molecular flexibility index (Phi) is 11.1. The Balaban J connectivity index is 1.38. The lowest BCUT2D eigenvalue weighted by Gasteiger charge is -2.14. The number of anilines is 2. The maximum atomic E-state index is 14.6. The molecule has 4 rings (SSSR count). The predicted molar refractivity (Wildman–Crippen MR) is 172 cm³/mol. The van der Waals surface area contributed by atoms with E-state index in [-0.39, 0.29) is 41.6 Å². The molecule has 0 aliphatic heterocycles. The highest BCUT2D eigenvalue weighted by molar-refractivity contribution is 6.33. The number of carbonyl (C=O) groups is 2. The molecule has 0 aliphatic rings. The molecule has 4 aromatic rings. The molecule has 238 valence electrons. The number of hydrogen-bond donors (Lipinski definition) is 7. The fourth-order valence-corrected chi connectivity index (χ4v) is 4.93. The predicted octanol–water partition coefficient (Wildman–Crippen LogP) is 2.94. The van der Waals surface area contributed by atoms with Gasteiger partial charge in [0.1, 0.15) is 0 Å². The number of nitrogens with zero attached hydrogens (tertiary/aromatic N) is 3. The van der Waals surface area contributed by atoms with Gasteiger partial charge in [-0.25, -0.2) is 14.4 Å². The summed E-state index contributed by atoms with van der Waals surface area (Å²) in [5.41, 5.74) is 14.7. The molecule has 2 aromatic heterocycles. The molecule has 2 heterocycles. The van der Waals surface area contributed by atoms with Crippen molar-refractivity contribution < 1.29 is 18.7 Å². The van der Waals surface area contributed by atoms with Crippen LogP contribution in [0, 0.1) is 11.2 Å². The van der Waals surface area contributed by atoms with Crippen LogP contribution in [0.1, 0.15) is 35.7 Å². The number of halogens is 2. The van der Waals surface area contributed by atoms with E-state index in [9.17, 15) is 14.0 Å². The summed E-state index contributed by atoms with van der Waals surface area (Å²) < 4.78 is 21.4. The van der Waals surface area contributed by atoms with Crippen LogP contribution in [0.5, 0.6) is 5.75 Å². The number of ether oxygens (including phenoxy) is 1. The molecule has 15 heteroatoms. The van der Waals surface area contributed by atoms with Crippen LogP contribution in [-0.2, 0) is 11.2 Å². The maximum absolute atomic E-state index is 14.6. The first-order chi connectivity index (χ1) is 21.6. The summed E-state index contributed by atoms with van der Waals surface area (Å²) in [7, 11) is 1.37. The minimum atomic E-state index is -0.696. The largest absolute Gasteiger partial charge is 0.494 e. The Morgan fingerprint density at radius 3 is 2.64 bits per heavy atom. The molecule has 13 nitrogen and oxygen atoms in total. The summed E-state index contributed by atoms with van der Waals surface area (Å²) in [6, 6.07) is 7.82. The van der Waals surface area contributed by atoms with E-state index in [1.807, 2.05) is 13.0 Å². The quantitative estimate of drug-likeness (QED) is 0.0616. The van der Waals surface area contributed by atoms with Gasteiger partial charge in [0.05, 0.1) is 30.1 Å². The molecule has 1 atom stereocenters. The number of hydrogen-bond acceptors (Lipinski definition) is 8. The summed E-state index contributed by atoms with van der Waals surface area (Å²) in [5.74, 6) is -0.869. The molecule has 0 radical (unpaired) electrons. The van der Waals surface area contributed by atoms with Crippen molar-refractivity contribution >= 4 is 46.5 Å². The van der Waals surface area contributed by atoms with Gasteiger partial charge in [0, 0.05) is 48.8 Å². The van der Waals surface area contributed by atoms with Crippen molar-refractivity contribution in [1.29, 1.82) is 5.41 Å². The van der Waals surface area contributed by atoms with Crippen LogP contribution in [0.15, 0.2) is 48.9 Å². The van der Waals surface area contributed by atoms with Crippen molar-refractivity contribution in [2.24, 2.45) is 11.5 Å². The second kappa shape index (κ2) is 15.2. The number of rotatable bonds is 14. The van der Waals surface area contributed by atoms with Crippen molar-refractivity contribution in [3.05, 3.63) is 70.9 Å². The number of guanidine groups is 1. The van der Waals surface area contributed by atoms with E-state index in [2.05, 4.69) is 31.2 Å². The van der Waals surface area contributed by atoms with Gasteiger partial charge in [-0.2, -0.15) is 0 Å². The van der Waals surface area contributed by atoms with Gasteiger partial charge in [-0.15, -0.1) is 0 Å². The molecule has 9 N–H and O–H groups in total. The minimum absolute atomic E-state index is 0.0461. The Labute approximate surface area is 264 Å². The molecule has 0 aliphatic carbocycles. The van der Waals surface area contributed by atoms with E-state index in [0.717, 1.165) is 5.56 Å². The van der Waals surface area contributed by atoms with Crippen LogP contribution in [-0.4, -0.2) is 64.9 Å². The van der Waals surface area contributed by atoms with Crippen molar-refractivity contribution in [2.45, 2.75) is 32.2 Å². The van der Waals surface area contributed by atoms with Crippen molar-refractivity contribution in [2.75, 3.05) is 32.1 Å². The van der Waals surface area contributed by atoms with Crippen LogP contribution < -0.4 is 37.5 Å². The smallest absolute Gasteiger partial charge is 0.251 e. The van der Waals surface area contributed by atoms with Gasteiger partial charge < -0.3 is 37.5 Å². The number of aryl methyl sites for hydroxylation is 1. The zero-order valence-electron chi connectivity index (χ0n) is 24.9. The third kappa shape index (κ3) is 7.96. The average molecular weight is 639 g/mol. The molecule has 0 bridgehead atoms. The number of benzene rings is 2. The molecular formula is C30H36ClFN10O3. The summed E-state index contributed by atoms with van der Waals surface area (Å²) in [5, 5.41) is 18.5. The van der Waals surface area contributed by atoms with Gasteiger partial charge >= 0.3 is 0 Å². The highest BCUT2D eigenvalue weighted by Gasteiger charge is 2.19. The molecular weight excluding hydrogens is 603 g/mol.